The molecule has 1 heterocycles. The Balaban J connectivity index is 1.63. The van der Waals surface area contributed by atoms with Crippen molar-refractivity contribution in [2.24, 2.45) is 0 Å². The second-order valence-electron chi connectivity index (χ2n) is 13.3. The predicted octanol–water partition coefficient (Wildman–Crippen LogP) is 5.37. The normalized spacial score (nSPS) is 12.7. The van der Waals surface area contributed by atoms with Crippen LogP contribution in [0.1, 0.15) is 37.1 Å². The van der Waals surface area contributed by atoms with E-state index in [0.717, 1.165) is 27.6 Å². The number of aromatic nitrogens is 1. The van der Waals surface area contributed by atoms with Gasteiger partial charge in [-0.05, 0) is 60.4 Å². The van der Waals surface area contributed by atoms with Gasteiger partial charge in [-0.25, -0.2) is 4.79 Å². The maximum absolute atomic E-state index is 14.6. The molecule has 4 aromatic rings. The van der Waals surface area contributed by atoms with Gasteiger partial charge in [-0.1, -0.05) is 84.9 Å². The summed E-state index contributed by atoms with van der Waals surface area (Å²) in [4.78, 5) is 62.4. The molecule has 0 radical (unpaired) electrons. The van der Waals surface area contributed by atoms with Crippen molar-refractivity contribution in [3.05, 3.63) is 126 Å². The lowest BCUT2D eigenvalue weighted by Gasteiger charge is -2.36. The lowest BCUT2D eigenvalue weighted by Crippen LogP contribution is -2.56. The first kappa shape index (κ1) is 37.3. The number of nitrogens with zero attached hydrogens (tertiary/aromatic N) is 4. The summed E-state index contributed by atoms with van der Waals surface area (Å²) in [6, 6.07) is 27.4. The van der Waals surface area contributed by atoms with Gasteiger partial charge < -0.3 is 25.1 Å². The average Bonchev–Trinajstić information content (AvgIpc) is 3.10. The first-order valence-electron chi connectivity index (χ1n) is 16.7. The van der Waals surface area contributed by atoms with E-state index in [9.17, 15) is 19.2 Å². The number of pyridine rings is 1. The van der Waals surface area contributed by atoms with Crippen LogP contribution < -0.4 is 5.32 Å². The molecule has 262 valence electrons. The van der Waals surface area contributed by atoms with Crippen molar-refractivity contribution < 1.29 is 24.3 Å². The Hall–Kier alpha value is -5.51. The molecule has 0 bridgehead atoms. The van der Waals surface area contributed by atoms with Gasteiger partial charge in [0.15, 0.2) is 0 Å². The molecule has 2 atom stereocenters. The number of fused-ring (bicyclic) bond motifs is 1. The topological polar surface area (TPSA) is 123 Å². The Kier molecular flexibility index (Phi) is 12.9. The maximum Gasteiger partial charge on any atom is 0.405 e. The fraction of sp³-hybridized carbons (Fsp3) is 0.325. The van der Waals surface area contributed by atoms with E-state index in [1.165, 1.54) is 15.9 Å². The highest BCUT2D eigenvalue weighted by Gasteiger charge is 2.36. The molecule has 0 unspecified atom stereocenters. The molecule has 2 N–H and O–H groups in total. The Morgan fingerprint density at radius 2 is 1.42 bits per heavy atom. The number of nitrogens with one attached hydrogen (secondary N) is 1. The Morgan fingerprint density at radius 1 is 0.780 bits per heavy atom. The average molecular weight is 678 g/mol. The molecule has 0 aliphatic rings. The number of carbonyl (C=O) groups is 4. The lowest BCUT2D eigenvalue weighted by molar-refractivity contribution is -0.148. The molecule has 0 fully saturated rings. The van der Waals surface area contributed by atoms with Gasteiger partial charge in [0, 0.05) is 64.4 Å². The molecule has 4 rings (SSSR count). The summed E-state index contributed by atoms with van der Waals surface area (Å²) in [5.41, 5.74) is 1.83. The van der Waals surface area contributed by atoms with Crippen LogP contribution in [0.3, 0.4) is 0 Å². The molecule has 50 heavy (non-hydrogen) atoms. The van der Waals surface area contributed by atoms with Gasteiger partial charge in [-0.15, -0.1) is 0 Å². The number of amides is 4. The van der Waals surface area contributed by atoms with Crippen molar-refractivity contribution in [2.75, 3.05) is 27.7 Å². The number of hydrogen-bond donors (Lipinski definition) is 2. The number of likely N-dealkylation sites (N-methyl/N-ethyl adjacent to an activating group) is 3. The zero-order valence-electron chi connectivity index (χ0n) is 29.5. The molecule has 1 aromatic heterocycles. The van der Waals surface area contributed by atoms with Gasteiger partial charge in [0.05, 0.1) is 0 Å². The van der Waals surface area contributed by atoms with Crippen LogP contribution in [-0.2, 0) is 33.6 Å². The third kappa shape index (κ3) is 10.5. The number of carbonyl (C=O) groups excluding carboxylic acids is 3. The van der Waals surface area contributed by atoms with Crippen molar-refractivity contribution in [1.82, 2.24) is 25.0 Å². The predicted molar refractivity (Wildman–Crippen MR) is 195 cm³/mol. The number of rotatable bonds is 15. The van der Waals surface area contributed by atoms with E-state index < -0.39 is 29.6 Å². The van der Waals surface area contributed by atoms with Gasteiger partial charge in [0.25, 0.3) is 0 Å². The molecular formula is C40H47N5O5. The van der Waals surface area contributed by atoms with Crippen LogP contribution in [0.4, 0.5) is 4.79 Å². The molecule has 0 saturated carbocycles. The van der Waals surface area contributed by atoms with Crippen molar-refractivity contribution in [1.29, 1.82) is 0 Å². The SMILES string of the molecule is CN(CCc1ccccn1)C(=O)[C@@H](Cc1ccccc1)N(C)C(=O)[C@@H](Cc1ccc2ccccc2c1)N(C)C(=O)/C=C/CC(C)(C)NC(=O)O. The van der Waals surface area contributed by atoms with Crippen molar-refractivity contribution in [3.63, 3.8) is 0 Å². The fourth-order valence-corrected chi connectivity index (χ4v) is 5.85. The molecule has 0 spiro atoms. The summed E-state index contributed by atoms with van der Waals surface area (Å²) in [6.45, 7) is 3.86. The second kappa shape index (κ2) is 17.2. The van der Waals surface area contributed by atoms with Crippen LogP contribution in [0.5, 0.6) is 0 Å². The van der Waals surface area contributed by atoms with Gasteiger partial charge in [0.2, 0.25) is 17.7 Å². The molecule has 10 nitrogen and oxygen atoms in total. The number of benzene rings is 3. The zero-order valence-corrected chi connectivity index (χ0v) is 29.5. The quantitative estimate of drug-likeness (QED) is 0.163. The van der Waals surface area contributed by atoms with Crippen molar-refractivity contribution in [3.8, 4) is 0 Å². The Bertz CT molecular complexity index is 1790. The smallest absolute Gasteiger partial charge is 0.405 e. The Labute approximate surface area is 294 Å². The fourth-order valence-electron chi connectivity index (χ4n) is 5.85. The van der Waals surface area contributed by atoms with E-state index in [1.54, 1.807) is 52.2 Å². The molecule has 0 aliphatic carbocycles. The van der Waals surface area contributed by atoms with Gasteiger partial charge in [0.1, 0.15) is 12.1 Å². The monoisotopic (exact) mass is 677 g/mol. The molecular weight excluding hydrogens is 630 g/mol. The van der Waals surface area contributed by atoms with Crippen LogP contribution in [0.25, 0.3) is 10.8 Å². The zero-order chi connectivity index (χ0) is 36.3. The highest BCUT2D eigenvalue weighted by atomic mass is 16.4. The molecule has 4 amide bonds. The van der Waals surface area contributed by atoms with E-state index in [2.05, 4.69) is 10.3 Å². The third-order valence-corrected chi connectivity index (χ3v) is 8.85. The highest BCUT2D eigenvalue weighted by Crippen LogP contribution is 2.21. The van der Waals surface area contributed by atoms with Crippen LogP contribution in [0.2, 0.25) is 0 Å². The first-order chi connectivity index (χ1) is 23.8. The minimum atomic E-state index is -1.15. The standard InChI is InChI=1S/C40H47N5O5/c1-40(2,42-39(49)50)23-13-19-36(46)44(4)35(28-30-20-21-31-16-9-10-17-32(31)26-30)38(48)45(5)34(27-29-14-7-6-8-15-29)37(47)43(3)25-22-33-18-11-12-24-41-33/h6-21,24,26,34-35,42H,22-23,25,27-28H2,1-5H3,(H,49,50)/b19-13+/t34-,35-/m1/s1. The summed E-state index contributed by atoms with van der Waals surface area (Å²) >= 11 is 0. The summed E-state index contributed by atoms with van der Waals surface area (Å²) in [6.07, 6.45) is 4.88. The van der Waals surface area contributed by atoms with E-state index >= 15 is 0 Å². The summed E-state index contributed by atoms with van der Waals surface area (Å²) in [5, 5.41) is 13.7. The molecule has 3 aromatic carbocycles. The molecule has 10 heteroatoms. The highest BCUT2D eigenvalue weighted by molar-refractivity contribution is 5.95. The number of hydrogen-bond acceptors (Lipinski definition) is 5. The van der Waals surface area contributed by atoms with Gasteiger partial charge in [-0.2, -0.15) is 0 Å². The maximum atomic E-state index is 14.6. The van der Waals surface area contributed by atoms with E-state index in [4.69, 9.17) is 5.11 Å². The van der Waals surface area contributed by atoms with Crippen LogP contribution in [-0.4, -0.2) is 93.9 Å². The molecule has 0 aliphatic heterocycles. The summed E-state index contributed by atoms with van der Waals surface area (Å²) in [5.74, 6) is -1.00. The van der Waals surface area contributed by atoms with Crippen LogP contribution >= 0.6 is 0 Å². The third-order valence-electron chi connectivity index (χ3n) is 8.85. The second-order valence-corrected chi connectivity index (χ2v) is 13.3. The number of carboxylic acid groups (broad SMARTS) is 1. The van der Waals surface area contributed by atoms with E-state index in [-0.39, 0.29) is 24.7 Å². The lowest BCUT2D eigenvalue weighted by atomic mass is 9.98. The van der Waals surface area contributed by atoms with E-state index in [1.807, 2.05) is 91.0 Å². The van der Waals surface area contributed by atoms with Crippen molar-refractivity contribution in [2.45, 2.75) is 57.2 Å². The summed E-state index contributed by atoms with van der Waals surface area (Å²) < 4.78 is 0. The van der Waals surface area contributed by atoms with Crippen LogP contribution in [0.15, 0.2) is 109 Å². The van der Waals surface area contributed by atoms with E-state index in [0.29, 0.717) is 19.4 Å². The largest absolute Gasteiger partial charge is 0.465 e. The first-order valence-corrected chi connectivity index (χ1v) is 16.7. The summed E-state index contributed by atoms with van der Waals surface area (Å²) in [7, 11) is 4.94. The molecule has 0 saturated heterocycles. The van der Waals surface area contributed by atoms with Gasteiger partial charge in [-0.3, -0.25) is 19.4 Å². The Morgan fingerprint density at radius 3 is 2.10 bits per heavy atom. The van der Waals surface area contributed by atoms with Crippen molar-refractivity contribution >= 4 is 34.6 Å². The minimum absolute atomic E-state index is 0.216. The minimum Gasteiger partial charge on any atom is -0.465 e. The van der Waals surface area contributed by atoms with Gasteiger partial charge >= 0.3 is 6.09 Å². The van der Waals surface area contributed by atoms with Crippen LogP contribution in [0, 0.1) is 0 Å².